The van der Waals surface area contributed by atoms with E-state index in [4.69, 9.17) is 17.3 Å². The van der Waals surface area contributed by atoms with E-state index in [0.29, 0.717) is 23.9 Å². The fraction of sp³-hybridized carbons (Fsp3) is 0.375. The number of urea groups is 1. The molecule has 0 spiro atoms. The Kier molecular flexibility index (Phi) is 4.07. The van der Waals surface area contributed by atoms with Crippen LogP contribution >= 0.6 is 11.6 Å². The number of nitrogens with one attached hydrogen (secondary N) is 1. The number of fused-ring (bicyclic) bond motifs is 1. The number of H-pyrrole nitrogens is 1. The van der Waals surface area contributed by atoms with Crippen molar-refractivity contribution in [1.29, 1.82) is 0 Å². The second-order valence-corrected chi connectivity index (χ2v) is 6.17. The maximum atomic E-state index is 12.2. The lowest BCUT2D eigenvalue weighted by atomic mass is 10.1. The number of nitrogens with two attached hydrogens (primary N) is 1. The molecule has 2 aromatic rings. The van der Waals surface area contributed by atoms with Gasteiger partial charge in [0, 0.05) is 24.5 Å². The Labute approximate surface area is 133 Å². The summed E-state index contributed by atoms with van der Waals surface area (Å²) >= 11 is 6.12. The van der Waals surface area contributed by atoms with Crippen molar-refractivity contribution in [2.45, 2.75) is 25.7 Å². The zero-order chi connectivity index (χ0) is 15.7. The van der Waals surface area contributed by atoms with Crippen LogP contribution in [0.2, 0.25) is 5.02 Å². The van der Waals surface area contributed by atoms with Gasteiger partial charge in [-0.2, -0.15) is 0 Å². The lowest BCUT2D eigenvalue weighted by Crippen LogP contribution is -2.42. The van der Waals surface area contributed by atoms with Gasteiger partial charge in [0.15, 0.2) is 0 Å². The first kappa shape index (κ1) is 14.9. The molecule has 1 saturated carbocycles. The van der Waals surface area contributed by atoms with Gasteiger partial charge in [0.1, 0.15) is 0 Å². The largest absolute Gasteiger partial charge is 0.360 e. The molecular formula is C16H18ClN3O2. The molecule has 0 radical (unpaired) electrons. The van der Waals surface area contributed by atoms with Gasteiger partial charge in [-0.3, -0.25) is 9.69 Å². The third-order valence-electron chi connectivity index (χ3n) is 4.06. The molecule has 0 atom stereocenters. The smallest absolute Gasteiger partial charge is 0.321 e. The predicted molar refractivity (Wildman–Crippen MR) is 85.7 cm³/mol. The van der Waals surface area contributed by atoms with E-state index >= 15 is 0 Å². The Morgan fingerprint density at radius 1 is 1.36 bits per heavy atom. The number of halogens is 1. The van der Waals surface area contributed by atoms with Gasteiger partial charge in [-0.1, -0.05) is 23.7 Å². The second-order valence-electron chi connectivity index (χ2n) is 5.76. The topological polar surface area (TPSA) is 79.2 Å². The minimum Gasteiger partial charge on any atom is -0.360 e. The third kappa shape index (κ3) is 3.09. The van der Waals surface area contributed by atoms with Crippen LogP contribution in [0.5, 0.6) is 0 Å². The summed E-state index contributed by atoms with van der Waals surface area (Å²) in [6.07, 6.45) is 4.80. The van der Waals surface area contributed by atoms with Crippen LogP contribution in [-0.2, 0) is 11.2 Å². The SMILES string of the molecule is NC(=O)N(CC1CC1)C(=O)CCc1c[nH]c2c(Cl)cccc12. The number of aromatic nitrogens is 1. The van der Waals surface area contributed by atoms with Gasteiger partial charge in [0.25, 0.3) is 0 Å². The normalized spacial score (nSPS) is 14.2. The van der Waals surface area contributed by atoms with Crippen molar-refractivity contribution < 1.29 is 9.59 Å². The van der Waals surface area contributed by atoms with E-state index in [1.165, 1.54) is 4.90 Å². The van der Waals surface area contributed by atoms with Crippen molar-refractivity contribution in [3.8, 4) is 0 Å². The first-order valence-corrected chi connectivity index (χ1v) is 7.78. The highest BCUT2D eigenvalue weighted by atomic mass is 35.5. The van der Waals surface area contributed by atoms with E-state index in [-0.39, 0.29) is 12.3 Å². The highest BCUT2D eigenvalue weighted by molar-refractivity contribution is 6.35. The number of aromatic amines is 1. The fourth-order valence-electron chi connectivity index (χ4n) is 2.63. The summed E-state index contributed by atoms with van der Waals surface area (Å²) in [7, 11) is 0. The van der Waals surface area contributed by atoms with Crippen LogP contribution in [0.1, 0.15) is 24.8 Å². The first-order valence-electron chi connectivity index (χ1n) is 7.40. The summed E-state index contributed by atoms with van der Waals surface area (Å²) < 4.78 is 0. The standard InChI is InChI=1S/C16H18ClN3O2/c17-13-3-1-2-12-11(8-19-15(12)13)6-7-14(21)20(16(18)22)9-10-4-5-10/h1-3,8,10,19H,4-7,9H2,(H2,18,22). The van der Waals surface area contributed by atoms with Crippen LogP contribution in [0.3, 0.4) is 0 Å². The van der Waals surface area contributed by atoms with Crippen LogP contribution < -0.4 is 5.73 Å². The van der Waals surface area contributed by atoms with E-state index in [1.807, 2.05) is 24.4 Å². The number of para-hydroxylation sites is 1. The molecule has 0 bridgehead atoms. The molecule has 1 aliphatic rings. The molecule has 0 aliphatic heterocycles. The molecule has 22 heavy (non-hydrogen) atoms. The van der Waals surface area contributed by atoms with Crippen LogP contribution in [0.4, 0.5) is 4.79 Å². The molecule has 1 aromatic heterocycles. The molecule has 1 aromatic carbocycles. The molecular weight excluding hydrogens is 302 g/mol. The number of carbonyl (C=O) groups is 2. The number of benzene rings is 1. The molecule has 0 saturated heterocycles. The van der Waals surface area contributed by atoms with Crippen LogP contribution in [0, 0.1) is 5.92 Å². The quantitative estimate of drug-likeness (QED) is 0.888. The minimum atomic E-state index is -0.654. The van der Waals surface area contributed by atoms with E-state index in [9.17, 15) is 9.59 Å². The highest BCUT2D eigenvalue weighted by Gasteiger charge is 2.29. The second kappa shape index (κ2) is 6.01. The van der Waals surface area contributed by atoms with Crippen molar-refractivity contribution >= 4 is 34.4 Å². The average Bonchev–Trinajstić information content (AvgIpc) is 3.21. The lowest BCUT2D eigenvalue weighted by molar-refractivity contribution is -0.128. The highest BCUT2D eigenvalue weighted by Crippen LogP contribution is 2.30. The Balaban J connectivity index is 1.68. The van der Waals surface area contributed by atoms with Gasteiger partial charge >= 0.3 is 6.03 Å². The summed E-state index contributed by atoms with van der Waals surface area (Å²) in [5, 5.41) is 1.66. The Hall–Kier alpha value is -2.01. The number of imide groups is 1. The van der Waals surface area contributed by atoms with Crippen molar-refractivity contribution in [3.05, 3.63) is 35.0 Å². The molecule has 0 unspecified atom stereocenters. The number of hydrogen-bond donors (Lipinski definition) is 2. The van der Waals surface area contributed by atoms with E-state index in [2.05, 4.69) is 4.98 Å². The molecule has 3 N–H and O–H groups in total. The molecule has 3 amide bonds. The minimum absolute atomic E-state index is 0.212. The van der Waals surface area contributed by atoms with Crippen molar-refractivity contribution in [3.63, 3.8) is 0 Å². The maximum Gasteiger partial charge on any atom is 0.321 e. The molecule has 1 heterocycles. The zero-order valence-electron chi connectivity index (χ0n) is 12.1. The summed E-state index contributed by atoms with van der Waals surface area (Å²) in [5.41, 5.74) is 7.20. The van der Waals surface area contributed by atoms with E-state index in [1.54, 1.807) is 0 Å². The molecule has 1 fully saturated rings. The number of amides is 3. The predicted octanol–water partition coefficient (Wildman–Crippen LogP) is 3.07. The number of hydrogen-bond acceptors (Lipinski definition) is 2. The van der Waals surface area contributed by atoms with Gasteiger partial charge in [-0.05, 0) is 36.8 Å². The number of carbonyl (C=O) groups excluding carboxylic acids is 2. The van der Waals surface area contributed by atoms with Crippen LogP contribution in [0.25, 0.3) is 10.9 Å². The summed E-state index contributed by atoms with van der Waals surface area (Å²) in [6.45, 7) is 0.452. The number of primary amides is 1. The van der Waals surface area contributed by atoms with Crippen molar-refractivity contribution in [1.82, 2.24) is 9.88 Å². The summed E-state index contributed by atoms with van der Waals surface area (Å²) in [5.74, 6) is 0.221. The molecule has 1 aliphatic carbocycles. The molecule has 5 nitrogen and oxygen atoms in total. The van der Waals surface area contributed by atoms with Gasteiger partial charge in [0.2, 0.25) is 5.91 Å². The van der Waals surface area contributed by atoms with E-state index < -0.39 is 6.03 Å². The maximum absolute atomic E-state index is 12.2. The number of aryl methyl sites for hydroxylation is 1. The Bertz CT molecular complexity index is 721. The van der Waals surface area contributed by atoms with E-state index in [0.717, 1.165) is 29.3 Å². The number of nitrogens with zero attached hydrogens (tertiary/aromatic N) is 1. The fourth-order valence-corrected chi connectivity index (χ4v) is 2.86. The van der Waals surface area contributed by atoms with Crippen LogP contribution in [0.15, 0.2) is 24.4 Å². The average molecular weight is 320 g/mol. The lowest BCUT2D eigenvalue weighted by Gasteiger charge is -2.18. The molecule has 3 rings (SSSR count). The van der Waals surface area contributed by atoms with Crippen molar-refractivity contribution in [2.24, 2.45) is 11.7 Å². The first-order chi connectivity index (χ1) is 10.6. The van der Waals surface area contributed by atoms with Gasteiger partial charge < -0.3 is 10.7 Å². The van der Waals surface area contributed by atoms with Gasteiger partial charge in [-0.15, -0.1) is 0 Å². The molecule has 116 valence electrons. The van der Waals surface area contributed by atoms with Gasteiger partial charge in [-0.25, -0.2) is 4.79 Å². The molecule has 6 heteroatoms. The van der Waals surface area contributed by atoms with Crippen LogP contribution in [-0.4, -0.2) is 28.4 Å². The summed E-state index contributed by atoms with van der Waals surface area (Å²) in [4.78, 5) is 28.0. The van der Waals surface area contributed by atoms with Crippen molar-refractivity contribution in [2.75, 3.05) is 6.54 Å². The monoisotopic (exact) mass is 319 g/mol. The Morgan fingerprint density at radius 3 is 2.82 bits per heavy atom. The third-order valence-corrected chi connectivity index (χ3v) is 4.38. The Morgan fingerprint density at radius 2 is 2.14 bits per heavy atom. The van der Waals surface area contributed by atoms with Gasteiger partial charge in [0.05, 0.1) is 10.5 Å². The zero-order valence-corrected chi connectivity index (χ0v) is 12.9. The summed E-state index contributed by atoms with van der Waals surface area (Å²) in [6, 6.07) is 5.01. The number of rotatable bonds is 5.